The van der Waals surface area contributed by atoms with Crippen LogP contribution >= 0.6 is 0 Å². The maximum atomic E-state index is 5.68. The van der Waals surface area contributed by atoms with Gasteiger partial charge in [0.1, 0.15) is 6.61 Å². The monoisotopic (exact) mass is 379 g/mol. The van der Waals surface area contributed by atoms with E-state index < -0.39 is 0 Å². The van der Waals surface area contributed by atoms with Crippen LogP contribution in [0.4, 0.5) is 0 Å². The summed E-state index contributed by atoms with van der Waals surface area (Å²) >= 11 is 0. The van der Waals surface area contributed by atoms with Crippen molar-refractivity contribution >= 4 is 5.96 Å². The molecule has 8 nitrogen and oxygen atoms in total. The van der Waals surface area contributed by atoms with Gasteiger partial charge in [0.05, 0.1) is 26.4 Å². The number of aliphatic imine (C=N–C) groups is 1. The molecule has 2 rings (SSSR count). The number of aromatic nitrogens is 1. The molecule has 0 saturated carbocycles. The molecule has 27 heavy (non-hydrogen) atoms. The van der Waals surface area contributed by atoms with Crippen molar-refractivity contribution in [1.29, 1.82) is 0 Å². The molecule has 0 aromatic carbocycles. The van der Waals surface area contributed by atoms with E-state index in [1.54, 1.807) is 13.3 Å². The van der Waals surface area contributed by atoms with Crippen molar-refractivity contribution in [2.24, 2.45) is 4.99 Å². The molecule has 1 aromatic heterocycles. The number of nitrogens with one attached hydrogen (secondary N) is 2. The van der Waals surface area contributed by atoms with E-state index in [0.29, 0.717) is 31.7 Å². The fourth-order valence-electron chi connectivity index (χ4n) is 2.79. The number of methoxy groups -OCH3 is 1. The van der Waals surface area contributed by atoms with Crippen molar-refractivity contribution in [3.8, 4) is 5.88 Å². The third-order valence-electron chi connectivity index (χ3n) is 4.36. The van der Waals surface area contributed by atoms with Crippen LogP contribution in [0.15, 0.2) is 23.3 Å². The molecule has 1 saturated heterocycles. The highest BCUT2D eigenvalue weighted by Crippen LogP contribution is 2.15. The largest absolute Gasteiger partial charge is 0.475 e. The molecular formula is C19H33N5O3. The predicted octanol–water partition coefficient (Wildman–Crippen LogP) is 0.883. The lowest BCUT2D eigenvalue weighted by atomic mass is 10.2. The number of pyridine rings is 1. The van der Waals surface area contributed by atoms with Gasteiger partial charge in [-0.25, -0.2) is 9.98 Å². The molecule has 0 bridgehead atoms. The first-order valence-electron chi connectivity index (χ1n) is 9.64. The Morgan fingerprint density at radius 2 is 2.15 bits per heavy atom. The fourth-order valence-corrected chi connectivity index (χ4v) is 2.79. The highest BCUT2D eigenvalue weighted by molar-refractivity contribution is 5.79. The van der Waals surface area contributed by atoms with Gasteiger partial charge in [-0.05, 0) is 19.9 Å². The van der Waals surface area contributed by atoms with Crippen molar-refractivity contribution in [3.05, 3.63) is 23.9 Å². The molecule has 152 valence electrons. The standard InChI is InChI=1S/C19H33N5O3/c1-4-20-19(22-14-16(2)24-8-10-26-11-9-24)23-15-17-6-5-7-21-18(17)27-13-12-25-3/h5-7,16H,4,8-15H2,1-3H3,(H2,20,22,23). The summed E-state index contributed by atoms with van der Waals surface area (Å²) in [5.74, 6) is 1.40. The highest BCUT2D eigenvalue weighted by Gasteiger charge is 2.17. The predicted molar refractivity (Wildman–Crippen MR) is 106 cm³/mol. The van der Waals surface area contributed by atoms with Crippen LogP contribution in [-0.2, 0) is 16.0 Å². The molecule has 8 heteroatoms. The van der Waals surface area contributed by atoms with Crippen LogP contribution in [0.5, 0.6) is 5.88 Å². The minimum atomic E-state index is 0.420. The van der Waals surface area contributed by atoms with Gasteiger partial charge in [0.15, 0.2) is 5.96 Å². The molecule has 2 heterocycles. The topological polar surface area (TPSA) is 80.2 Å². The third kappa shape index (κ3) is 7.70. The molecule has 1 unspecified atom stereocenters. The number of hydrogen-bond donors (Lipinski definition) is 2. The number of hydrogen-bond acceptors (Lipinski definition) is 6. The van der Waals surface area contributed by atoms with E-state index in [4.69, 9.17) is 14.2 Å². The zero-order valence-corrected chi connectivity index (χ0v) is 16.7. The van der Waals surface area contributed by atoms with E-state index in [0.717, 1.165) is 50.9 Å². The van der Waals surface area contributed by atoms with Crippen LogP contribution in [0.25, 0.3) is 0 Å². The van der Waals surface area contributed by atoms with Gasteiger partial charge in [0.25, 0.3) is 0 Å². The van der Waals surface area contributed by atoms with E-state index in [9.17, 15) is 0 Å². The molecule has 1 atom stereocenters. The molecule has 1 fully saturated rings. The van der Waals surface area contributed by atoms with Gasteiger partial charge in [-0.15, -0.1) is 0 Å². The second-order valence-electron chi connectivity index (χ2n) is 6.38. The Balaban J connectivity index is 1.90. The minimum Gasteiger partial charge on any atom is -0.475 e. The molecule has 1 aliphatic rings. The first-order valence-corrected chi connectivity index (χ1v) is 9.64. The molecule has 0 amide bonds. The molecule has 1 aromatic rings. The summed E-state index contributed by atoms with van der Waals surface area (Å²) in [6, 6.07) is 4.30. The SMILES string of the molecule is CCNC(=NCc1cccnc1OCCOC)NCC(C)N1CCOCC1. The van der Waals surface area contributed by atoms with Crippen molar-refractivity contribution < 1.29 is 14.2 Å². The van der Waals surface area contributed by atoms with Crippen LogP contribution in [0.1, 0.15) is 19.4 Å². The van der Waals surface area contributed by atoms with Crippen LogP contribution in [0.2, 0.25) is 0 Å². The Kier molecular flexibility index (Phi) is 9.89. The van der Waals surface area contributed by atoms with Gasteiger partial charge in [-0.1, -0.05) is 6.07 Å². The maximum Gasteiger partial charge on any atom is 0.218 e. The van der Waals surface area contributed by atoms with E-state index in [1.807, 2.05) is 12.1 Å². The van der Waals surface area contributed by atoms with Crippen LogP contribution in [-0.4, -0.2) is 81.6 Å². The van der Waals surface area contributed by atoms with Crippen LogP contribution in [0.3, 0.4) is 0 Å². The third-order valence-corrected chi connectivity index (χ3v) is 4.36. The first-order chi connectivity index (χ1) is 13.2. The van der Waals surface area contributed by atoms with Gasteiger partial charge in [0, 0.05) is 51.1 Å². The normalized spacial score (nSPS) is 16.8. The maximum absolute atomic E-state index is 5.68. The van der Waals surface area contributed by atoms with Crippen LogP contribution < -0.4 is 15.4 Å². The summed E-state index contributed by atoms with van der Waals surface area (Å²) in [7, 11) is 1.65. The van der Waals surface area contributed by atoms with Crippen molar-refractivity contribution in [1.82, 2.24) is 20.5 Å². The molecule has 1 aliphatic heterocycles. The van der Waals surface area contributed by atoms with E-state index in [-0.39, 0.29) is 0 Å². The quantitative estimate of drug-likeness (QED) is 0.355. The van der Waals surface area contributed by atoms with Gasteiger partial charge in [0.2, 0.25) is 5.88 Å². The zero-order chi connectivity index (χ0) is 19.3. The Hall–Kier alpha value is -1.90. The first kappa shape index (κ1) is 21.4. The van der Waals surface area contributed by atoms with Crippen LogP contribution in [0, 0.1) is 0 Å². The summed E-state index contributed by atoms with van der Waals surface area (Å²) in [4.78, 5) is 11.4. The van der Waals surface area contributed by atoms with Crippen molar-refractivity contribution in [2.75, 3.05) is 59.7 Å². The summed E-state index contributed by atoms with van der Waals surface area (Å²) < 4.78 is 16.1. The Morgan fingerprint density at radius 1 is 1.33 bits per heavy atom. The lowest BCUT2D eigenvalue weighted by molar-refractivity contribution is 0.0211. The zero-order valence-electron chi connectivity index (χ0n) is 16.7. The molecular weight excluding hydrogens is 346 g/mol. The summed E-state index contributed by atoms with van der Waals surface area (Å²) in [5, 5.41) is 6.73. The van der Waals surface area contributed by atoms with Gasteiger partial charge in [-0.2, -0.15) is 0 Å². The number of rotatable bonds is 10. The van der Waals surface area contributed by atoms with Crippen molar-refractivity contribution in [2.45, 2.75) is 26.4 Å². The molecule has 2 N–H and O–H groups in total. The molecule has 0 radical (unpaired) electrons. The van der Waals surface area contributed by atoms with Crippen molar-refractivity contribution in [3.63, 3.8) is 0 Å². The molecule has 0 aliphatic carbocycles. The van der Waals surface area contributed by atoms with Gasteiger partial charge < -0.3 is 24.8 Å². The Bertz CT molecular complexity index is 564. The van der Waals surface area contributed by atoms with Gasteiger partial charge in [-0.3, -0.25) is 4.90 Å². The summed E-state index contributed by atoms with van der Waals surface area (Å²) in [6.45, 7) is 11.0. The number of guanidine groups is 1. The average molecular weight is 380 g/mol. The second-order valence-corrected chi connectivity index (χ2v) is 6.38. The van der Waals surface area contributed by atoms with Gasteiger partial charge >= 0.3 is 0 Å². The van der Waals surface area contributed by atoms with E-state index in [1.165, 1.54) is 0 Å². The summed E-state index contributed by atoms with van der Waals surface area (Å²) in [6.07, 6.45) is 1.73. The lowest BCUT2D eigenvalue weighted by Crippen LogP contribution is -2.49. The molecule has 0 spiro atoms. The summed E-state index contributed by atoms with van der Waals surface area (Å²) in [5.41, 5.74) is 0.951. The number of morpholine rings is 1. The lowest BCUT2D eigenvalue weighted by Gasteiger charge is -2.32. The Morgan fingerprint density at radius 3 is 2.89 bits per heavy atom. The number of ether oxygens (including phenoxy) is 3. The minimum absolute atomic E-state index is 0.420. The van der Waals surface area contributed by atoms with E-state index >= 15 is 0 Å². The fraction of sp³-hybridized carbons (Fsp3) is 0.684. The number of nitrogens with zero attached hydrogens (tertiary/aromatic N) is 3. The second kappa shape index (κ2) is 12.5. The highest BCUT2D eigenvalue weighted by atomic mass is 16.5. The Labute approximate surface area is 162 Å². The van der Waals surface area contributed by atoms with E-state index in [2.05, 4.69) is 39.4 Å². The average Bonchev–Trinajstić information content (AvgIpc) is 2.71. The smallest absolute Gasteiger partial charge is 0.218 e.